The molecule has 12 nitrogen and oxygen atoms in total. The Bertz CT molecular complexity index is 1910. The number of benzene rings is 3. The Hall–Kier alpha value is -5.52. The zero-order valence-electron chi connectivity index (χ0n) is 26.4. The number of carbonyl (C=O) groups excluding carboxylic acids is 2. The van der Waals surface area contributed by atoms with Crippen molar-refractivity contribution in [2.75, 3.05) is 33.1 Å². The zero-order chi connectivity index (χ0) is 32.8. The first-order chi connectivity index (χ1) is 21.6. The Morgan fingerprint density at radius 2 is 1.78 bits per heavy atom. The molecular formula is C33H37N7O5. The van der Waals surface area contributed by atoms with E-state index in [1.54, 1.807) is 32.3 Å². The van der Waals surface area contributed by atoms with E-state index in [0.29, 0.717) is 33.7 Å². The van der Waals surface area contributed by atoms with Crippen LogP contribution >= 0.6 is 0 Å². The van der Waals surface area contributed by atoms with Gasteiger partial charge in [0.1, 0.15) is 23.1 Å². The quantitative estimate of drug-likeness (QED) is 0.219. The van der Waals surface area contributed by atoms with Crippen molar-refractivity contribution in [2.24, 2.45) is 4.99 Å². The number of rotatable bonds is 8. The van der Waals surface area contributed by atoms with Crippen molar-refractivity contribution in [1.82, 2.24) is 25.6 Å². The molecule has 0 bridgehead atoms. The number of carboxylic acid groups (broad SMARTS) is 1. The van der Waals surface area contributed by atoms with E-state index in [1.807, 2.05) is 69.2 Å². The van der Waals surface area contributed by atoms with Crippen molar-refractivity contribution >= 4 is 34.4 Å². The molecule has 1 aromatic heterocycles. The van der Waals surface area contributed by atoms with Crippen molar-refractivity contribution < 1.29 is 23.9 Å². The second kappa shape index (κ2) is 13.8. The summed E-state index contributed by atoms with van der Waals surface area (Å²) in [6.07, 6.45) is 1.57. The van der Waals surface area contributed by atoms with Crippen LogP contribution < -0.4 is 20.9 Å². The molecule has 2 heterocycles. The molecule has 2 aromatic carbocycles. The predicted molar refractivity (Wildman–Crippen MR) is 172 cm³/mol. The second-order valence-electron chi connectivity index (χ2n) is 10.2. The van der Waals surface area contributed by atoms with Crippen LogP contribution in [0.3, 0.4) is 0 Å². The number of amides is 2. The molecule has 2 aliphatic rings. The Morgan fingerprint density at radius 3 is 2.44 bits per heavy atom. The summed E-state index contributed by atoms with van der Waals surface area (Å²) >= 11 is 0. The lowest BCUT2D eigenvalue weighted by Crippen LogP contribution is -2.28. The minimum atomic E-state index is -1.18. The summed E-state index contributed by atoms with van der Waals surface area (Å²) < 4.78 is 7.68. The molecule has 0 fully saturated rings. The van der Waals surface area contributed by atoms with Crippen LogP contribution in [-0.2, 0) is 11.3 Å². The fourth-order valence-electron chi connectivity index (χ4n) is 4.84. The summed E-state index contributed by atoms with van der Waals surface area (Å²) in [5.41, 5.74) is 3.92. The number of nitrogens with zero attached hydrogens (tertiary/aromatic N) is 5. The number of fused-ring (bicyclic) bond motifs is 2. The highest BCUT2D eigenvalue weighted by Gasteiger charge is 2.23. The minimum Gasteiger partial charge on any atom is -0.478 e. The lowest BCUT2D eigenvalue weighted by molar-refractivity contribution is -0.123. The van der Waals surface area contributed by atoms with E-state index in [-0.39, 0.29) is 23.6 Å². The highest BCUT2D eigenvalue weighted by molar-refractivity contribution is 6.09. The van der Waals surface area contributed by atoms with Crippen LogP contribution in [0, 0.1) is 0 Å². The molecule has 12 heteroatoms. The Morgan fingerprint density at radius 1 is 1.04 bits per heavy atom. The summed E-state index contributed by atoms with van der Waals surface area (Å²) in [6, 6.07) is 15.3. The molecule has 234 valence electrons. The monoisotopic (exact) mass is 611 g/mol. The van der Waals surface area contributed by atoms with E-state index < -0.39 is 17.9 Å². The maximum Gasteiger partial charge on any atom is 0.336 e. The summed E-state index contributed by atoms with van der Waals surface area (Å²) in [5, 5.41) is 25.0. The van der Waals surface area contributed by atoms with Gasteiger partial charge in [-0.05, 0) is 48.9 Å². The normalized spacial score (nSPS) is 11.9. The molecule has 0 spiro atoms. The summed E-state index contributed by atoms with van der Waals surface area (Å²) in [4.78, 5) is 43.7. The Labute approximate surface area is 260 Å². The zero-order valence-corrected chi connectivity index (χ0v) is 26.4. The van der Waals surface area contributed by atoms with E-state index in [4.69, 9.17) is 4.42 Å². The van der Waals surface area contributed by atoms with Crippen LogP contribution in [0.25, 0.3) is 33.4 Å². The number of hydrogen-bond acceptors (Lipinski definition) is 8. The number of anilines is 1. The molecule has 5 rings (SSSR count). The van der Waals surface area contributed by atoms with Gasteiger partial charge in [0.2, 0.25) is 5.91 Å². The standard InChI is InChI=1S/C31H31N7O5.C2H6/c1-17(29(39)33-3)38-16-20(35-36-38)15-34-30(40)18-6-9-22(25(12-18)31(41)42)28-23-10-7-19(32-2)13-26(23)43-27-14-21(37(4)5)8-11-24(27)28;1-2/h6-14,16-17H,15H2,1-5H3,(H,33,39)(H,34,40)(H,41,42);1-2H3. The average molecular weight is 612 g/mol. The van der Waals surface area contributed by atoms with Crippen LogP contribution in [-0.4, -0.2) is 66.1 Å². The third-order valence-electron chi connectivity index (χ3n) is 7.26. The van der Waals surface area contributed by atoms with Gasteiger partial charge in [-0.25, -0.2) is 9.48 Å². The van der Waals surface area contributed by atoms with Crippen LogP contribution in [0.15, 0.2) is 70.2 Å². The van der Waals surface area contributed by atoms with Gasteiger partial charge in [0, 0.05) is 68.1 Å². The topological polar surface area (TPSA) is 155 Å². The summed E-state index contributed by atoms with van der Waals surface area (Å²) in [6.45, 7) is 5.72. The number of aromatic nitrogens is 3. The molecule has 0 saturated carbocycles. The number of likely N-dealkylation sites (N-methyl/N-ethyl adjacent to an activating group) is 1. The summed E-state index contributed by atoms with van der Waals surface area (Å²) in [7, 11) is 7.08. The molecule has 3 N–H and O–H groups in total. The first-order valence-corrected chi connectivity index (χ1v) is 14.5. The van der Waals surface area contributed by atoms with E-state index >= 15 is 0 Å². The van der Waals surface area contributed by atoms with E-state index in [1.165, 1.54) is 17.8 Å². The van der Waals surface area contributed by atoms with Crippen molar-refractivity contribution in [1.29, 1.82) is 0 Å². The Balaban J connectivity index is 0.00000226. The predicted octanol–water partition coefficient (Wildman–Crippen LogP) is 4.35. The molecule has 3 aromatic rings. The van der Waals surface area contributed by atoms with Gasteiger partial charge < -0.3 is 25.1 Å². The van der Waals surface area contributed by atoms with E-state index in [2.05, 4.69) is 25.9 Å². The molecule has 0 radical (unpaired) electrons. The Kier molecular flexibility index (Phi) is 9.97. The van der Waals surface area contributed by atoms with Gasteiger partial charge in [0.05, 0.1) is 23.7 Å². The maximum atomic E-state index is 13.1. The third-order valence-corrected chi connectivity index (χ3v) is 7.26. The number of nitrogens with one attached hydrogen (secondary N) is 2. The SMILES string of the molecule is CC.CN=c1ccc2c(-c3ccc(C(=O)NCc4cn(C(C)C(=O)NC)nn4)cc3C(=O)O)c3ccc(N(C)C)cc3oc-2c1. The molecule has 1 atom stereocenters. The third kappa shape index (κ3) is 6.69. The first kappa shape index (κ1) is 32.4. The van der Waals surface area contributed by atoms with E-state index in [9.17, 15) is 19.5 Å². The van der Waals surface area contributed by atoms with Gasteiger partial charge >= 0.3 is 5.97 Å². The average Bonchev–Trinajstić information content (AvgIpc) is 3.54. The highest BCUT2D eigenvalue weighted by atomic mass is 16.4. The molecular weight excluding hydrogens is 574 g/mol. The molecule has 45 heavy (non-hydrogen) atoms. The molecule has 1 unspecified atom stereocenters. The number of carbonyl (C=O) groups is 3. The highest BCUT2D eigenvalue weighted by Crippen LogP contribution is 2.42. The first-order valence-electron chi connectivity index (χ1n) is 14.5. The van der Waals surface area contributed by atoms with Gasteiger partial charge in [0.15, 0.2) is 0 Å². The van der Waals surface area contributed by atoms with Crippen LogP contribution in [0.2, 0.25) is 0 Å². The fraction of sp³-hybridized carbons (Fsp3) is 0.273. The number of aromatic carboxylic acids is 1. The van der Waals surface area contributed by atoms with Crippen molar-refractivity contribution in [2.45, 2.75) is 33.4 Å². The fourth-order valence-corrected chi connectivity index (χ4v) is 4.84. The van der Waals surface area contributed by atoms with Gasteiger partial charge in [-0.2, -0.15) is 0 Å². The molecule has 1 aliphatic carbocycles. The second-order valence-corrected chi connectivity index (χ2v) is 10.2. The van der Waals surface area contributed by atoms with Crippen molar-refractivity contribution in [3.63, 3.8) is 0 Å². The number of carboxylic acids is 1. The number of hydrogen-bond donors (Lipinski definition) is 3. The molecule has 0 saturated heterocycles. The van der Waals surface area contributed by atoms with Gasteiger partial charge in [-0.15, -0.1) is 5.10 Å². The van der Waals surface area contributed by atoms with Gasteiger partial charge in [0.25, 0.3) is 5.91 Å². The molecule has 1 aliphatic heterocycles. The van der Waals surface area contributed by atoms with Crippen molar-refractivity contribution in [3.8, 4) is 22.5 Å². The molecule has 2 amide bonds. The van der Waals surface area contributed by atoms with E-state index in [0.717, 1.165) is 16.4 Å². The largest absolute Gasteiger partial charge is 0.478 e. The van der Waals surface area contributed by atoms with Gasteiger partial charge in [-0.3, -0.25) is 14.6 Å². The smallest absolute Gasteiger partial charge is 0.336 e. The van der Waals surface area contributed by atoms with Crippen LogP contribution in [0.4, 0.5) is 5.69 Å². The van der Waals surface area contributed by atoms with Crippen molar-refractivity contribution in [3.05, 3.63) is 83.0 Å². The van der Waals surface area contributed by atoms with Crippen LogP contribution in [0.1, 0.15) is 53.2 Å². The van der Waals surface area contributed by atoms with Gasteiger partial charge in [-0.1, -0.05) is 25.1 Å². The summed E-state index contributed by atoms with van der Waals surface area (Å²) in [5.74, 6) is -1.33. The lowest BCUT2D eigenvalue weighted by Gasteiger charge is -2.19. The minimum absolute atomic E-state index is 0.0345. The lowest BCUT2D eigenvalue weighted by atomic mass is 9.89. The van der Waals surface area contributed by atoms with Crippen LogP contribution in [0.5, 0.6) is 0 Å². The maximum absolute atomic E-state index is 13.1.